The lowest BCUT2D eigenvalue weighted by molar-refractivity contribution is 0.0730. The van der Waals surface area contributed by atoms with Crippen molar-refractivity contribution in [3.63, 3.8) is 0 Å². The van der Waals surface area contributed by atoms with Crippen molar-refractivity contribution < 1.29 is 27.1 Å². The summed E-state index contributed by atoms with van der Waals surface area (Å²) in [6.45, 7) is 3.58. The van der Waals surface area contributed by atoms with Crippen molar-refractivity contribution in [1.29, 1.82) is 0 Å². The van der Waals surface area contributed by atoms with Gasteiger partial charge in [-0.05, 0) is 42.5 Å². The maximum absolute atomic E-state index is 13.2. The van der Waals surface area contributed by atoms with Crippen LogP contribution < -0.4 is 10.2 Å². The third-order valence-electron chi connectivity index (χ3n) is 5.28. The van der Waals surface area contributed by atoms with Crippen LogP contribution in [0.25, 0.3) is 0 Å². The molecule has 0 unspecified atom stereocenters. The number of ether oxygens (including phenoxy) is 2. The molecule has 0 radical (unpaired) electrons. The molecule has 10 heteroatoms. The number of rotatable bonds is 5. The summed E-state index contributed by atoms with van der Waals surface area (Å²) in [5, 5.41) is 2.81. The molecule has 2 aromatic carbocycles. The molecule has 0 bridgehead atoms. The van der Waals surface area contributed by atoms with Gasteiger partial charge in [-0.1, -0.05) is 0 Å². The Balaban J connectivity index is 1.67. The summed E-state index contributed by atoms with van der Waals surface area (Å²) in [5.41, 5.74) is 1.36. The number of hydrogen-bond donors (Lipinski definition) is 1. The standard InChI is InChI=1S/C21H24FN3O5S/c22-17-3-1-16(2-4-17)21(26)23-19-15-18(31(27,28)25-9-13-30-14-10-25)5-6-20(19)24-7-11-29-12-8-24/h1-6,15H,7-14H2,(H,23,26). The zero-order chi connectivity index (χ0) is 21.8. The van der Waals surface area contributed by atoms with Crippen LogP contribution in [0, 0.1) is 5.82 Å². The van der Waals surface area contributed by atoms with Crippen LogP contribution in [0.3, 0.4) is 0 Å². The van der Waals surface area contributed by atoms with Gasteiger partial charge in [0.1, 0.15) is 5.82 Å². The molecule has 2 aromatic rings. The number of nitrogens with one attached hydrogen (secondary N) is 1. The Bertz CT molecular complexity index is 1030. The van der Waals surface area contributed by atoms with E-state index in [4.69, 9.17) is 9.47 Å². The van der Waals surface area contributed by atoms with E-state index < -0.39 is 21.7 Å². The lowest BCUT2D eigenvalue weighted by Gasteiger charge is -2.31. The fourth-order valence-electron chi connectivity index (χ4n) is 3.59. The molecule has 2 heterocycles. The first kappa shape index (κ1) is 21.7. The van der Waals surface area contributed by atoms with E-state index in [1.807, 2.05) is 4.90 Å². The van der Waals surface area contributed by atoms with Gasteiger partial charge in [-0.25, -0.2) is 12.8 Å². The van der Waals surface area contributed by atoms with Crippen LogP contribution in [0.2, 0.25) is 0 Å². The molecule has 0 atom stereocenters. The smallest absolute Gasteiger partial charge is 0.255 e. The van der Waals surface area contributed by atoms with Gasteiger partial charge in [0.2, 0.25) is 10.0 Å². The molecule has 1 amide bonds. The first-order valence-corrected chi connectivity index (χ1v) is 11.5. The van der Waals surface area contributed by atoms with Gasteiger partial charge in [-0.15, -0.1) is 0 Å². The van der Waals surface area contributed by atoms with Crippen LogP contribution in [-0.4, -0.2) is 71.2 Å². The fraction of sp³-hybridized carbons (Fsp3) is 0.381. The maximum atomic E-state index is 13.2. The van der Waals surface area contributed by atoms with Crippen LogP contribution in [0.5, 0.6) is 0 Å². The molecule has 8 nitrogen and oxygen atoms in total. The van der Waals surface area contributed by atoms with E-state index in [1.165, 1.54) is 34.6 Å². The van der Waals surface area contributed by atoms with Gasteiger partial charge in [0.05, 0.1) is 42.7 Å². The largest absolute Gasteiger partial charge is 0.379 e. The minimum atomic E-state index is -3.73. The zero-order valence-electron chi connectivity index (χ0n) is 16.9. The van der Waals surface area contributed by atoms with Crippen LogP contribution in [-0.2, 0) is 19.5 Å². The molecular formula is C21H24FN3O5S. The normalized spacial score (nSPS) is 18.0. The van der Waals surface area contributed by atoms with Crippen molar-refractivity contribution in [1.82, 2.24) is 4.31 Å². The number of sulfonamides is 1. The fourth-order valence-corrected chi connectivity index (χ4v) is 5.02. The highest BCUT2D eigenvalue weighted by molar-refractivity contribution is 7.89. The predicted octanol–water partition coefficient (Wildman–Crippen LogP) is 1.94. The molecule has 0 aliphatic carbocycles. The summed E-state index contributed by atoms with van der Waals surface area (Å²) < 4.78 is 51.5. The highest BCUT2D eigenvalue weighted by Crippen LogP contribution is 2.31. The number of morpholine rings is 2. The summed E-state index contributed by atoms with van der Waals surface area (Å²) >= 11 is 0. The van der Waals surface area contributed by atoms with Crippen molar-refractivity contribution >= 4 is 27.3 Å². The number of nitrogens with zero attached hydrogens (tertiary/aromatic N) is 2. The van der Waals surface area contributed by atoms with E-state index in [0.29, 0.717) is 50.9 Å². The summed E-state index contributed by atoms with van der Waals surface area (Å²) in [7, 11) is -3.73. The minimum Gasteiger partial charge on any atom is -0.379 e. The Morgan fingerprint density at radius 3 is 2.16 bits per heavy atom. The summed E-state index contributed by atoms with van der Waals surface area (Å²) in [5.74, 6) is -0.889. The Labute approximate surface area is 180 Å². The molecule has 166 valence electrons. The van der Waals surface area contributed by atoms with Crippen LogP contribution in [0.4, 0.5) is 15.8 Å². The van der Waals surface area contributed by atoms with Gasteiger partial charge < -0.3 is 19.7 Å². The van der Waals surface area contributed by atoms with E-state index in [1.54, 1.807) is 12.1 Å². The van der Waals surface area contributed by atoms with E-state index >= 15 is 0 Å². The van der Waals surface area contributed by atoms with Gasteiger partial charge in [-0.2, -0.15) is 4.31 Å². The number of hydrogen-bond acceptors (Lipinski definition) is 6. The van der Waals surface area contributed by atoms with Crippen molar-refractivity contribution in [2.24, 2.45) is 0 Å². The lowest BCUT2D eigenvalue weighted by atomic mass is 10.2. The Kier molecular flexibility index (Phi) is 6.51. The summed E-state index contributed by atoms with van der Waals surface area (Å²) in [6, 6.07) is 9.92. The topological polar surface area (TPSA) is 88.2 Å². The molecule has 1 N–H and O–H groups in total. The van der Waals surface area contributed by atoms with Crippen LogP contribution >= 0.6 is 0 Å². The average molecular weight is 450 g/mol. The Hall–Kier alpha value is -2.53. The number of benzene rings is 2. The second kappa shape index (κ2) is 9.31. The molecule has 31 heavy (non-hydrogen) atoms. The van der Waals surface area contributed by atoms with E-state index in [2.05, 4.69) is 5.32 Å². The maximum Gasteiger partial charge on any atom is 0.255 e. The van der Waals surface area contributed by atoms with Gasteiger partial charge in [0.15, 0.2) is 0 Å². The minimum absolute atomic E-state index is 0.0980. The molecule has 0 aromatic heterocycles. The number of carbonyl (C=O) groups excluding carboxylic acids is 1. The summed E-state index contributed by atoms with van der Waals surface area (Å²) in [4.78, 5) is 14.9. The Morgan fingerprint density at radius 2 is 1.52 bits per heavy atom. The quantitative estimate of drug-likeness (QED) is 0.751. The van der Waals surface area contributed by atoms with E-state index in [0.717, 1.165) is 0 Å². The van der Waals surface area contributed by atoms with Crippen LogP contribution in [0.15, 0.2) is 47.4 Å². The van der Waals surface area contributed by atoms with Crippen molar-refractivity contribution in [2.75, 3.05) is 62.8 Å². The van der Waals surface area contributed by atoms with Gasteiger partial charge >= 0.3 is 0 Å². The van der Waals surface area contributed by atoms with Gasteiger partial charge in [-0.3, -0.25) is 4.79 Å². The average Bonchev–Trinajstić information content (AvgIpc) is 2.80. The zero-order valence-corrected chi connectivity index (χ0v) is 17.7. The van der Waals surface area contributed by atoms with Gasteiger partial charge in [0, 0.05) is 31.7 Å². The molecule has 2 fully saturated rings. The monoisotopic (exact) mass is 449 g/mol. The molecule has 2 saturated heterocycles. The van der Waals surface area contributed by atoms with Crippen LogP contribution in [0.1, 0.15) is 10.4 Å². The number of amides is 1. The first-order valence-electron chi connectivity index (χ1n) is 10.1. The predicted molar refractivity (Wildman–Crippen MR) is 113 cm³/mol. The summed E-state index contributed by atoms with van der Waals surface area (Å²) in [6.07, 6.45) is 0. The highest BCUT2D eigenvalue weighted by Gasteiger charge is 2.28. The van der Waals surface area contributed by atoms with Crippen molar-refractivity contribution in [3.8, 4) is 0 Å². The second-order valence-electron chi connectivity index (χ2n) is 7.26. The number of anilines is 2. The third-order valence-corrected chi connectivity index (χ3v) is 7.18. The SMILES string of the molecule is O=C(Nc1cc(S(=O)(=O)N2CCOCC2)ccc1N1CCOCC1)c1ccc(F)cc1. The molecular weight excluding hydrogens is 425 g/mol. The number of halogens is 1. The molecule has 0 spiro atoms. The highest BCUT2D eigenvalue weighted by atomic mass is 32.2. The Morgan fingerprint density at radius 1 is 0.903 bits per heavy atom. The first-order chi connectivity index (χ1) is 14.9. The van der Waals surface area contributed by atoms with Gasteiger partial charge in [0.25, 0.3) is 5.91 Å². The molecule has 2 aliphatic rings. The molecule has 2 aliphatic heterocycles. The van der Waals surface area contributed by atoms with Crippen molar-refractivity contribution in [3.05, 3.63) is 53.8 Å². The third kappa shape index (κ3) is 4.87. The molecule has 4 rings (SSSR count). The van der Waals surface area contributed by atoms with E-state index in [-0.39, 0.29) is 23.5 Å². The lowest BCUT2D eigenvalue weighted by Crippen LogP contribution is -2.40. The van der Waals surface area contributed by atoms with E-state index in [9.17, 15) is 17.6 Å². The molecule has 0 saturated carbocycles. The number of carbonyl (C=O) groups is 1. The van der Waals surface area contributed by atoms with Crippen molar-refractivity contribution in [2.45, 2.75) is 4.90 Å². The second-order valence-corrected chi connectivity index (χ2v) is 9.19.